The third-order valence-electron chi connectivity index (χ3n) is 4.52. The second-order valence-electron chi connectivity index (χ2n) is 6.39. The molecule has 3 aromatic rings. The summed E-state index contributed by atoms with van der Waals surface area (Å²) in [5.41, 5.74) is 2.05. The molecule has 1 N–H and O–H groups in total. The highest BCUT2D eigenvalue weighted by Crippen LogP contribution is 2.22. The Hall–Kier alpha value is -2.48. The molecule has 1 amide bonds. The van der Waals surface area contributed by atoms with Crippen LogP contribution in [0.2, 0.25) is 0 Å². The molecule has 0 saturated heterocycles. The first-order chi connectivity index (χ1) is 12.2. The highest BCUT2D eigenvalue weighted by Gasteiger charge is 2.22. The standard InChI is InChI=1S/C17H20N6OS/c1-22-10-13(9-18-22)17-21-20-15-3-2-14(4-6-23(15)17)19-16(24)8-12-5-7-25-11-12/h5,7,9-11,14H,2-4,6,8H2,1H3,(H,19,24). The van der Waals surface area contributed by atoms with E-state index in [1.807, 2.05) is 36.3 Å². The SMILES string of the molecule is Cn1cc(-c2nnc3n2CCC(NC(=O)Cc2ccsc2)CC3)cn1. The average Bonchev–Trinajstić information content (AvgIpc) is 3.29. The van der Waals surface area contributed by atoms with Gasteiger partial charge in [0.25, 0.3) is 0 Å². The third kappa shape index (κ3) is 3.48. The van der Waals surface area contributed by atoms with Gasteiger partial charge in [0, 0.05) is 32.3 Å². The molecule has 1 unspecified atom stereocenters. The Bertz CT molecular complexity index is 866. The van der Waals surface area contributed by atoms with Gasteiger partial charge < -0.3 is 9.88 Å². The summed E-state index contributed by atoms with van der Waals surface area (Å²) in [7, 11) is 1.89. The number of aryl methyl sites for hydroxylation is 2. The quantitative estimate of drug-likeness (QED) is 0.773. The van der Waals surface area contributed by atoms with Crippen molar-refractivity contribution in [2.45, 2.75) is 38.3 Å². The lowest BCUT2D eigenvalue weighted by molar-refractivity contribution is -0.121. The molecule has 7 nitrogen and oxygen atoms in total. The van der Waals surface area contributed by atoms with E-state index in [4.69, 9.17) is 0 Å². The van der Waals surface area contributed by atoms with Gasteiger partial charge in [-0.2, -0.15) is 16.4 Å². The van der Waals surface area contributed by atoms with Gasteiger partial charge in [0.05, 0.1) is 18.2 Å². The molecule has 0 aromatic carbocycles. The molecule has 3 aromatic heterocycles. The minimum Gasteiger partial charge on any atom is -0.353 e. The number of carbonyl (C=O) groups excluding carboxylic acids is 1. The Morgan fingerprint density at radius 1 is 1.40 bits per heavy atom. The first kappa shape index (κ1) is 16.0. The highest BCUT2D eigenvalue weighted by atomic mass is 32.1. The second kappa shape index (κ2) is 6.79. The number of carbonyl (C=O) groups is 1. The van der Waals surface area contributed by atoms with Crippen LogP contribution in [-0.2, 0) is 31.2 Å². The van der Waals surface area contributed by atoms with E-state index >= 15 is 0 Å². The fourth-order valence-corrected chi connectivity index (χ4v) is 3.91. The van der Waals surface area contributed by atoms with Crippen LogP contribution in [0.5, 0.6) is 0 Å². The highest BCUT2D eigenvalue weighted by molar-refractivity contribution is 7.08. The summed E-state index contributed by atoms with van der Waals surface area (Å²) < 4.78 is 3.92. The lowest BCUT2D eigenvalue weighted by Gasteiger charge is -2.16. The van der Waals surface area contributed by atoms with E-state index in [9.17, 15) is 4.79 Å². The van der Waals surface area contributed by atoms with Gasteiger partial charge in [-0.1, -0.05) is 0 Å². The lowest BCUT2D eigenvalue weighted by Crippen LogP contribution is -2.36. The van der Waals surface area contributed by atoms with E-state index in [2.05, 4.69) is 25.2 Å². The van der Waals surface area contributed by atoms with Gasteiger partial charge in [0.15, 0.2) is 5.82 Å². The number of nitrogens with zero attached hydrogens (tertiary/aromatic N) is 5. The summed E-state index contributed by atoms with van der Waals surface area (Å²) in [5, 5.41) is 20.1. The number of aromatic nitrogens is 5. The Kier molecular flexibility index (Phi) is 4.35. The summed E-state index contributed by atoms with van der Waals surface area (Å²) in [6.45, 7) is 0.802. The van der Waals surface area contributed by atoms with E-state index in [1.54, 1.807) is 16.0 Å². The molecule has 130 valence electrons. The number of hydrogen-bond donors (Lipinski definition) is 1. The molecule has 0 fully saturated rings. The van der Waals surface area contributed by atoms with E-state index in [1.165, 1.54) is 0 Å². The monoisotopic (exact) mass is 356 g/mol. The number of amides is 1. The zero-order valence-electron chi connectivity index (χ0n) is 14.1. The number of hydrogen-bond acceptors (Lipinski definition) is 5. The van der Waals surface area contributed by atoms with Crippen LogP contribution in [0, 0.1) is 0 Å². The maximum absolute atomic E-state index is 12.2. The molecule has 0 radical (unpaired) electrons. The predicted molar refractivity (Wildman–Crippen MR) is 95.1 cm³/mol. The van der Waals surface area contributed by atoms with Crippen molar-refractivity contribution in [3.05, 3.63) is 40.6 Å². The van der Waals surface area contributed by atoms with Crippen molar-refractivity contribution in [1.29, 1.82) is 0 Å². The molecule has 0 aliphatic carbocycles. The van der Waals surface area contributed by atoms with Crippen molar-refractivity contribution in [3.63, 3.8) is 0 Å². The van der Waals surface area contributed by atoms with Crippen LogP contribution in [0.25, 0.3) is 11.4 Å². The normalized spacial score (nSPS) is 17.1. The van der Waals surface area contributed by atoms with Gasteiger partial charge in [-0.25, -0.2) is 0 Å². The van der Waals surface area contributed by atoms with Gasteiger partial charge >= 0.3 is 0 Å². The second-order valence-corrected chi connectivity index (χ2v) is 7.17. The van der Waals surface area contributed by atoms with Gasteiger partial charge in [0.1, 0.15) is 5.82 Å². The van der Waals surface area contributed by atoms with E-state index in [-0.39, 0.29) is 11.9 Å². The molecule has 8 heteroatoms. The van der Waals surface area contributed by atoms with Crippen LogP contribution in [-0.4, -0.2) is 36.5 Å². The van der Waals surface area contributed by atoms with Gasteiger partial charge in [-0.05, 0) is 35.2 Å². The fourth-order valence-electron chi connectivity index (χ4n) is 3.24. The zero-order chi connectivity index (χ0) is 17.2. The molecule has 1 atom stereocenters. The summed E-state index contributed by atoms with van der Waals surface area (Å²) >= 11 is 1.62. The Morgan fingerprint density at radius 2 is 2.32 bits per heavy atom. The summed E-state index contributed by atoms with van der Waals surface area (Å²) in [5.74, 6) is 1.93. The van der Waals surface area contributed by atoms with Crippen LogP contribution in [0.1, 0.15) is 24.2 Å². The van der Waals surface area contributed by atoms with Crippen molar-refractivity contribution < 1.29 is 4.79 Å². The maximum atomic E-state index is 12.2. The largest absolute Gasteiger partial charge is 0.353 e. The minimum absolute atomic E-state index is 0.0912. The number of rotatable bonds is 4. The van der Waals surface area contributed by atoms with Crippen molar-refractivity contribution in [2.24, 2.45) is 7.05 Å². The molecule has 0 spiro atoms. The molecule has 25 heavy (non-hydrogen) atoms. The third-order valence-corrected chi connectivity index (χ3v) is 5.25. The van der Waals surface area contributed by atoms with E-state index in [0.29, 0.717) is 6.42 Å². The first-order valence-corrected chi connectivity index (χ1v) is 9.35. The lowest BCUT2D eigenvalue weighted by atomic mass is 10.1. The zero-order valence-corrected chi connectivity index (χ0v) is 14.9. The molecule has 4 heterocycles. The van der Waals surface area contributed by atoms with Crippen LogP contribution in [0.15, 0.2) is 29.2 Å². The molecule has 0 bridgehead atoms. The molecular formula is C17H20N6OS. The van der Waals surface area contributed by atoms with Gasteiger partial charge in [-0.3, -0.25) is 9.48 Å². The topological polar surface area (TPSA) is 77.6 Å². The number of nitrogens with one attached hydrogen (secondary N) is 1. The maximum Gasteiger partial charge on any atom is 0.224 e. The number of thiophene rings is 1. The Balaban J connectivity index is 1.42. The summed E-state index contributed by atoms with van der Waals surface area (Å²) in [6.07, 6.45) is 6.79. The number of fused-ring (bicyclic) bond motifs is 1. The molecule has 0 saturated carbocycles. The first-order valence-electron chi connectivity index (χ1n) is 8.40. The van der Waals surface area contributed by atoms with Gasteiger partial charge in [0.2, 0.25) is 5.91 Å². The average molecular weight is 356 g/mol. The Labute approximate surface area is 149 Å². The molecule has 1 aliphatic rings. The van der Waals surface area contributed by atoms with E-state index < -0.39 is 0 Å². The van der Waals surface area contributed by atoms with Gasteiger partial charge in [-0.15, -0.1) is 10.2 Å². The van der Waals surface area contributed by atoms with Crippen LogP contribution in [0.3, 0.4) is 0 Å². The molecular weight excluding hydrogens is 336 g/mol. The fraction of sp³-hybridized carbons (Fsp3) is 0.412. The van der Waals surface area contributed by atoms with E-state index in [0.717, 1.165) is 48.6 Å². The summed E-state index contributed by atoms with van der Waals surface area (Å²) in [4.78, 5) is 12.2. The van der Waals surface area contributed by atoms with Crippen LogP contribution in [0.4, 0.5) is 0 Å². The van der Waals surface area contributed by atoms with Crippen LogP contribution >= 0.6 is 11.3 Å². The molecule has 1 aliphatic heterocycles. The van der Waals surface area contributed by atoms with Crippen molar-refractivity contribution >= 4 is 17.2 Å². The summed E-state index contributed by atoms with van der Waals surface area (Å²) in [6, 6.07) is 2.17. The molecule has 4 rings (SSSR count). The predicted octanol–water partition coefficient (Wildman–Crippen LogP) is 1.80. The van der Waals surface area contributed by atoms with Crippen molar-refractivity contribution in [1.82, 2.24) is 29.9 Å². The van der Waals surface area contributed by atoms with Crippen molar-refractivity contribution in [3.8, 4) is 11.4 Å². The smallest absolute Gasteiger partial charge is 0.224 e. The Morgan fingerprint density at radius 3 is 3.08 bits per heavy atom. The van der Waals surface area contributed by atoms with Crippen molar-refractivity contribution in [2.75, 3.05) is 0 Å². The van der Waals surface area contributed by atoms with Crippen LogP contribution < -0.4 is 5.32 Å². The minimum atomic E-state index is 0.0912.